The van der Waals surface area contributed by atoms with Crippen LogP contribution in [0.3, 0.4) is 0 Å². The van der Waals surface area contributed by atoms with Gasteiger partial charge in [0.1, 0.15) is 17.1 Å². The fourth-order valence-corrected chi connectivity index (χ4v) is 6.22. The van der Waals surface area contributed by atoms with Gasteiger partial charge in [-0.15, -0.1) is 12.4 Å². The number of phenolic OH excluding ortho intramolecular Hbond substituents is 1. The molecular formula is C34H59BrClCs2N4O9S4. The van der Waals surface area contributed by atoms with E-state index in [0.29, 0.717) is 43.0 Å². The maximum absolute atomic E-state index is 11.4. The zero-order valence-corrected chi connectivity index (χ0v) is 51.9. The molecule has 0 heterocycles. The smallest absolute Gasteiger partial charge is 0.662 e. The molecule has 0 saturated heterocycles. The Morgan fingerprint density at radius 1 is 0.800 bits per heavy atom. The second-order valence-corrected chi connectivity index (χ2v) is 15.4. The van der Waals surface area contributed by atoms with Crippen LogP contribution in [0, 0.1) is 0 Å². The van der Waals surface area contributed by atoms with Gasteiger partial charge in [0.2, 0.25) is 5.91 Å². The minimum atomic E-state index is -0.459. The third kappa shape index (κ3) is 65.2. The van der Waals surface area contributed by atoms with Gasteiger partial charge in [0, 0.05) is 118 Å². The summed E-state index contributed by atoms with van der Waals surface area (Å²) in [6, 6.07) is 18.0. The SMILES string of the molecule is CC.CC.CC(C)(C)OC(=O)NCCSSCCNC(=O)CBr.Cl.NCCSSCCNC(=O)COc1ccccc1.O=CO[O-].Oc1ccccc1.[Cs+].[Cs]. The Hall–Kier alpha value is 1.91. The summed E-state index contributed by atoms with van der Waals surface area (Å²) >= 11 is 3.08. The number of carbonyl (C=O) groups is 4. The number of rotatable bonds is 18. The van der Waals surface area contributed by atoms with Gasteiger partial charge in [0.15, 0.2) is 6.61 Å². The van der Waals surface area contributed by atoms with Crippen molar-refractivity contribution in [2.75, 3.05) is 61.1 Å². The van der Waals surface area contributed by atoms with Crippen molar-refractivity contribution in [2.45, 2.75) is 54.1 Å². The molecule has 2 aromatic carbocycles. The maximum atomic E-state index is 11.4. The molecule has 0 atom stereocenters. The van der Waals surface area contributed by atoms with Crippen LogP contribution in [0.1, 0.15) is 48.5 Å². The summed E-state index contributed by atoms with van der Waals surface area (Å²) < 4.78 is 10.4. The monoisotopic (exact) mass is 1180 g/mol. The van der Waals surface area contributed by atoms with Crippen LogP contribution in [0.25, 0.3) is 0 Å². The predicted octanol–water partition coefficient (Wildman–Crippen LogP) is 2.85. The molecule has 0 aliphatic heterocycles. The number of alkyl halides is 1. The van der Waals surface area contributed by atoms with E-state index in [2.05, 4.69) is 36.8 Å². The molecule has 13 nitrogen and oxygen atoms in total. The van der Waals surface area contributed by atoms with Crippen molar-refractivity contribution in [3.05, 3.63) is 60.7 Å². The molecule has 0 bridgehead atoms. The van der Waals surface area contributed by atoms with E-state index >= 15 is 0 Å². The maximum Gasteiger partial charge on any atom is 1.00 e. The van der Waals surface area contributed by atoms with Gasteiger partial charge in [0.05, 0.1) is 5.33 Å². The molecule has 0 fully saturated rings. The molecule has 0 aliphatic carbocycles. The molecule has 2 aromatic rings. The standard InChI is InChI=1S/C12H18N2O2S2.C11H21BrN2O3S2.C6H6O.2C2H6.CH2O3.ClH.2Cs/c13-6-8-17-18-9-7-14-12(15)10-16-11-4-2-1-3-5-11;1-11(2,3)17-10(16)14-5-7-19-18-6-4-13-9(15)8-12;7-6-4-2-1-3-5-6;2*1-2;2-1-4-3;;;/h1-5H,6-10,13H2,(H,14,15);4-8H2,1-3H3,(H,13,15)(H,14,16);1-5,7H;2*1-2H3;1,3H;1H;;/q;;;;;;;;+1/p-1. The Labute approximate surface area is 477 Å². The fraction of sp³-hybridized carbons (Fsp3) is 0.529. The Kier molecular flexibility index (Phi) is 75.3. The molecule has 1 radical (unpaired) electrons. The number of halogens is 2. The van der Waals surface area contributed by atoms with Crippen LogP contribution in [0.2, 0.25) is 0 Å². The van der Waals surface area contributed by atoms with Crippen LogP contribution < -0.4 is 101 Å². The van der Waals surface area contributed by atoms with Crippen molar-refractivity contribution in [3.8, 4) is 11.5 Å². The van der Waals surface area contributed by atoms with Gasteiger partial charge in [-0.3, -0.25) is 14.4 Å². The number of hydrogen-bond donors (Lipinski definition) is 5. The Balaban J connectivity index is -0.000000118. The summed E-state index contributed by atoms with van der Waals surface area (Å²) in [6.45, 7) is 15.9. The summed E-state index contributed by atoms with van der Waals surface area (Å²) in [6.07, 6.45) is -0.386. The average molecular weight is 1180 g/mol. The molecule has 6 N–H and O–H groups in total. The minimum absolute atomic E-state index is 0. The largest absolute Gasteiger partial charge is 1.00 e. The van der Waals surface area contributed by atoms with E-state index in [1.54, 1.807) is 67.4 Å². The van der Waals surface area contributed by atoms with Crippen LogP contribution in [0.4, 0.5) is 4.79 Å². The minimum Gasteiger partial charge on any atom is -0.662 e. The second kappa shape index (κ2) is 58.0. The number of ether oxygens (including phenoxy) is 2. The van der Waals surface area contributed by atoms with Crippen LogP contribution in [-0.4, -0.2) is 165 Å². The van der Waals surface area contributed by atoms with Crippen molar-refractivity contribution in [1.29, 1.82) is 0 Å². The van der Waals surface area contributed by atoms with Crippen LogP contribution in [0.15, 0.2) is 60.7 Å². The number of benzene rings is 2. The molecule has 0 unspecified atom stereocenters. The van der Waals surface area contributed by atoms with E-state index < -0.39 is 5.60 Å². The topological polar surface area (TPSA) is 201 Å². The first-order valence-corrected chi connectivity index (χ1v) is 22.5. The number of amides is 3. The van der Waals surface area contributed by atoms with Crippen molar-refractivity contribution in [1.82, 2.24) is 16.0 Å². The van der Waals surface area contributed by atoms with E-state index in [1.807, 2.05) is 84.9 Å². The van der Waals surface area contributed by atoms with Crippen molar-refractivity contribution in [2.24, 2.45) is 5.73 Å². The quantitative estimate of drug-likeness (QED) is 0.0365. The van der Waals surface area contributed by atoms with E-state index in [1.165, 1.54) is 0 Å². The van der Waals surface area contributed by atoms with E-state index in [4.69, 9.17) is 30.4 Å². The molecule has 2 rings (SSSR count). The molecule has 0 aromatic heterocycles. The van der Waals surface area contributed by atoms with Crippen LogP contribution >= 0.6 is 71.5 Å². The van der Waals surface area contributed by atoms with Crippen molar-refractivity contribution < 1.29 is 113 Å². The number of hydrogen-bond acceptors (Lipinski definition) is 14. The molecule has 0 spiro atoms. The first kappa shape index (κ1) is 71.4. The molecular weight excluding hydrogens is 1120 g/mol. The normalized spacial score (nSPS) is 8.76. The van der Waals surface area contributed by atoms with Gasteiger partial charge < -0.3 is 46.4 Å². The molecule has 0 aliphatic rings. The third-order valence-electron chi connectivity index (χ3n) is 4.27. The first-order valence-electron chi connectivity index (χ1n) is 16.4. The summed E-state index contributed by atoms with van der Waals surface area (Å²) in [5.74, 6) is 4.40. The summed E-state index contributed by atoms with van der Waals surface area (Å²) in [5.41, 5.74) is 4.91. The number of phenols is 1. The summed E-state index contributed by atoms with van der Waals surface area (Å²) in [7, 11) is 6.76. The van der Waals surface area contributed by atoms with Crippen molar-refractivity contribution in [3.63, 3.8) is 0 Å². The molecule has 3 amide bonds. The number of aromatic hydroxyl groups is 1. The molecule has 0 saturated carbocycles. The van der Waals surface area contributed by atoms with Gasteiger partial charge in [0.25, 0.3) is 12.4 Å². The Morgan fingerprint density at radius 2 is 1.20 bits per heavy atom. The molecule has 309 valence electrons. The predicted molar refractivity (Wildman–Crippen MR) is 236 cm³/mol. The number of para-hydroxylation sites is 2. The van der Waals surface area contributed by atoms with Gasteiger partial charge in [-0.25, -0.2) is 4.79 Å². The first-order chi connectivity index (χ1) is 25.0. The van der Waals surface area contributed by atoms with E-state index in [0.717, 1.165) is 23.0 Å². The Morgan fingerprint density at radius 3 is 1.56 bits per heavy atom. The van der Waals surface area contributed by atoms with Gasteiger partial charge in [-0.2, -0.15) is 0 Å². The summed E-state index contributed by atoms with van der Waals surface area (Å²) in [4.78, 5) is 44.9. The Bertz CT molecular complexity index is 1100. The van der Waals surface area contributed by atoms with Crippen LogP contribution in [-0.2, 0) is 24.0 Å². The number of nitrogens with one attached hydrogen (secondary N) is 3. The van der Waals surface area contributed by atoms with Gasteiger partial charge in [-0.05, 0) is 45.0 Å². The number of carbonyl (C=O) groups excluding carboxylic acids is 4. The second-order valence-electron chi connectivity index (χ2n) is 9.47. The average Bonchev–Trinajstić information content (AvgIpc) is 3.15. The third-order valence-corrected chi connectivity index (χ3v) is 9.62. The molecule has 55 heavy (non-hydrogen) atoms. The van der Waals surface area contributed by atoms with Gasteiger partial charge >= 0.3 is 75.0 Å². The van der Waals surface area contributed by atoms with Crippen molar-refractivity contribution >= 4 is 165 Å². The van der Waals surface area contributed by atoms with Crippen LogP contribution in [0.5, 0.6) is 11.5 Å². The number of alkyl carbamates (subject to hydrolysis) is 1. The molecule has 21 heteroatoms. The summed E-state index contributed by atoms with van der Waals surface area (Å²) in [5, 5.41) is 25.6. The fourth-order valence-electron chi connectivity index (χ4n) is 2.45. The van der Waals surface area contributed by atoms with Gasteiger partial charge in [-0.1, -0.05) is 123 Å². The van der Waals surface area contributed by atoms with E-state index in [-0.39, 0.29) is 181 Å². The zero-order chi connectivity index (χ0) is 40.3. The zero-order valence-electron chi connectivity index (χ0n) is 33.6. The number of nitrogens with two attached hydrogens (primary N) is 1. The van der Waals surface area contributed by atoms with E-state index in [9.17, 15) is 14.4 Å².